The van der Waals surface area contributed by atoms with Crippen LogP contribution in [0.4, 0.5) is 0 Å². The van der Waals surface area contributed by atoms with Crippen LogP contribution in [0.3, 0.4) is 0 Å². The van der Waals surface area contributed by atoms with E-state index in [1.807, 2.05) is 38.1 Å². The molecule has 0 bridgehead atoms. The number of carbonyl (C=O) groups excluding carboxylic acids is 1. The molecule has 0 unspecified atom stereocenters. The van der Waals surface area contributed by atoms with Crippen molar-refractivity contribution in [2.24, 2.45) is 0 Å². The molecule has 0 spiro atoms. The lowest BCUT2D eigenvalue weighted by atomic mass is 9.94. The zero-order valence-corrected chi connectivity index (χ0v) is 11.1. The average Bonchev–Trinajstić information content (AvgIpc) is 2.89. The number of hydrogen-bond donors (Lipinski definition) is 1. The summed E-state index contributed by atoms with van der Waals surface area (Å²) in [6.45, 7) is 3.76. The van der Waals surface area contributed by atoms with Gasteiger partial charge in [-0.1, -0.05) is 32.0 Å². The molecule has 0 aliphatic rings. The van der Waals surface area contributed by atoms with E-state index in [4.69, 9.17) is 4.42 Å². The summed E-state index contributed by atoms with van der Waals surface area (Å²) < 4.78 is 5.49. The Kier molecular flexibility index (Phi) is 3.57. The van der Waals surface area contributed by atoms with Crippen molar-refractivity contribution in [3.8, 4) is 6.07 Å². The summed E-state index contributed by atoms with van der Waals surface area (Å²) in [7, 11) is 0. The van der Waals surface area contributed by atoms with Crippen LogP contribution in [0.2, 0.25) is 0 Å². The van der Waals surface area contributed by atoms with Crippen LogP contribution in [0, 0.1) is 11.3 Å². The number of para-hydroxylation sites is 1. The Labute approximate surface area is 112 Å². The molecule has 4 heteroatoms. The van der Waals surface area contributed by atoms with Crippen molar-refractivity contribution < 1.29 is 9.21 Å². The second kappa shape index (κ2) is 5.15. The highest BCUT2D eigenvalue weighted by atomic mass is 16.3. The van der Waals surface area contributed by atoms with Crippen molar-refractivity contribution in [1.29, 1.82) is 5.26 Å². The smallest absolute Gasteiger partial charge is 0.288 e. The highest BCUT2D eigenvalue weighted by Crippen LogP contribution is 2.20. The maximum absolute atomic E-state index is 12.2. The minimum atomic E-state index is -0.823. The van der Waals surface area contributed by atoms with E-state index in [9.17, 15) is 10.1 Å². The van der Waals surface area contributed by atoms with Gasteiger partial charge in [0.15, 0.2) is 5.76 Å². The standard InChI is InChI=1S/C15H16N2O2/c1-3-15(4-2,10-16)17-14(18)13-9-11-7-5-6-8-12(11)19-13/h5-9H,3-4H2,1-2H3,(H,17,18). The Bertz CT molecular complexity index is 600. The molecule has 0 radical (unpaired) electrons. The van der Waals surface area contributed by atoms with Gasteiger partial charge in [-0.15, -0.1) is 0 Å². The average molecular weight is 256 g/mol. The van der Waals surface area contributed by atoms with Crippen LogP contribution in [0.5, 0.6) is 0 Å². The van der Waals surface area contributed by atoms with Crippen LogP contribution >= 0.6 is 0 Å². The maximum Gasteiger partial charge on any atom is 0.288 e. The first-order valence-corrected chi connectivity index (χ1v) is 6.36. The SMILES string of the molecule is CCC(C#N)(CC)NC(=O)c1cc2ccccc2o1. The van der Waals surface area contributed by atoms with Gasteiger partial charge in [-0.3, -0.25) is 4.79 Å². The molecule has 19 heavy (non-hydrogen) atoms. The third-order valence-electron chi connectivity index (χ3n) is 3.42. The number of amides is 1. The number of rotatable bonds is 4. The topological polar surface area (TPSA) is 66.0 Å². The quantitative estimate of drug-likeness (QED) is 0.913. The Balaban J connectivity index is 2.27. The Morgan fingerprint density at radius 3 is 2.63 bits per heavy atom. The van der Waals surface area contributed by atoms with Gasteiger partial charge in [0.05, 0.1) is 6.07 Å². The van der Waals surface area contributed by atoms with E-state index < -0.39 is 5.54 Å². The number of furan rings is 1. The zero-order valence-electron chi connectivity index (χ0n) is 11.1. The number of hydrogen-bond acceptors (Lipinski definition) is 3. The van der Waals surface area contributed by atoms with Crippen molar-refractivity contribution in [3.63, 3.8) is 0 Å². The molecule has 0 atom stereocenters. The third kappa shape index (κ3) is 2.45. The maximum atomic E-state index is 12.2. The molecule has 1 N–H and O–H groups in total. The molecule has 0 fully saturated rings. The highest BCUT2D eigenvalue weighted by molar-refractivity contribution is 5.96. The molecule has 0 aliphatic carbocycles. The van der Waals surface area contributed by atoms with E-state index in [1.54, 1.807) is 6.07 Å². The lowest BCUT2D eigenvalue weighted by Gasteiger charge is -2.24. The van der Waals surface area contributed by atoms with Gasteiger partial charge >= 0.3 is 0 Å². The summed E-state index contributed by atoms with van der Waals surface area (Å²) in [6, 6.07) is 11.3. The van der Waals surface area contributed by atoms with E-state index in [0.29, 0.717) is 18.4 Å². The fourth-order valence-electron chi connectivity index (χ4n) is 1.99. The molecule has 2 aromatic rings. The Hall–Kier alpha value is -2.28. The van der Waals surface area contributed by atoms with E-state index in [0.717, 1.165) is 5.39 Å². The van der Waals surface area contributed by atoms with E-state index in [-0.39, 0.29) is 11.7 Å². The van der Waals surface area contributed by atoms with Crippen molar-refractivity contribution in [1.82, 2.24) is 5.32 Å². The first-order chi connectivity index (χ1) is 9.14. The number of fused-ring (bicyclic) bond motifs is 1. The summed E-state index contributed by atoms with van der Waals surface area (Å²) >= 11 is 0. The number of benzene rings is 1. The van der Waals surface area contributed by atoms with E-state index in [1.165, 1.54) is 0 Å². The summed E-state index contributed by atoms with van der Waals surface area (Å²) in [5.41, 5.74) is -0.154. The van der Waals surface area contributed by atoms with Gasteiger partial charge in [0.25, 0.3) is 5.91 Å². The van der Waals surface area contributed by atoms with E-state index >= 15 is 0 Å². The molecule has 1 amide bonds. The fraction of sp³-hybridized carbons (Fsp3) is 0.333. The van der Waals surface area contributed by atoms with Gasteiger partial charge < -0.3 is 9.73 Å². The lowest BCUT2D eigenvalue weighted by molar-refractivity contribution is 0.0889. The summed E-state index contributed by atoms with van der Waals surface area (Å²) in [5.74, 6) is -0.107. The summed E-state index contributed by atoms with van der Waals surface area (Å²) in [6.07, 6.45) is 1.12. The van der Waals surface area contributed by atoms with Crippen molar-refractivity contribution >= 4 is 16.9 Å². The molecular formula is C15H16N2O2. The zero-order chi connectivity index (χ0) is 13.9. The van der Waals surface area contributed by atoms with Gasteiger partial charge in [-0.2, -0.15) is 5.26 Å². The Morgan fingerprint density at radius 1 is 1.37 bits per heavy atom. The van der Waals surface area contributed by atoms with Gasteiger partial charge in [0.2, 0.25) is 0 Å². The first kappa shape index (κ1) is 13.2. The fourth-order valence-corrected chi connectivity index (χ4v) is 1.99. The first-order valence-electron chi connectivity index (χ1n) is 6.36. The molecule has 2 rings (SSSR count). The predicted octanol–water partition coefficient (Wildman–Crippen LogP) is 3.24. The third-order valence-corrected chi connectivity index (χ3v) is 3.42. The number of nitriles is 1. The summed E-state index contributed by atoms with van der Waals surface area (Å²) in [4.78, 5) is 12.2. The molecule has 0 saturated heterocycles. The van der Waals surface area contributed by atoms with Crippen molar-refractivity contribution in [2.75, 3.05) is 0 Å². The van der Waals surface area contributed by atoms with Crippen LogP contribution in [0.15, 0.2) is 34.7 Å². The molecule has 1 aromatic carbocycles. The van der Waals surface area contributed by atoms with Crippen LogP contribution in [0.1, 0.15) is 37.2 Å². The van der Waals surface area contributed by atoms with Crippen molar-refractivity contribution in [2.45, 2.75) is 32.2 Å². The lowest BCUT2D eigenvalue weighted by Crippen LogP contribution is -2.46. The number of nitrogens with zero attached hydrogens (tertiary/aromatic N) is 1. The number of carbonyl (C=O) groups is 1. The van der Waals surface area contributed by atoms with Crippen molar-refractivity contribution in [3.05, 3.63) is 36.1 Å². The molecule has 4 nitrogen and oxygen atoms in total. The minimum Gasteiger partial charge on any atom is -0.451 e. The second-order valence-corrected chi connectivity index (χ2v) is 4.50. The van der Waals surface area contributed by atoms with E-state index in [2.05, 4.69) is 11.4 Å². The molecule has 0 saturated carbocycles. The summed E-state index contributed by atoms with van der Waals surface area (Å²) in [5, 5.41) is 12.9. The molecular weight excluding hydrogens is 240 g/mol. The molecule has 98 valence electrons. The molecule has 1 heterocycles. The van der Waals surface area contributed by atoms with Gasteiger partial charge in [0, 0.05) is 5.39 Å². The predicted molar refractivity (Wildman–Crippen MR) is 72.6 cm³/mol. The normalized spacial score (nSPS) is 11.2. The second-order valence-electron chi connectivity index (χ2n) is 4.50. The van der Waals surface area contributed by atoms with Gasteiger partial charge in [-0.25, -0.2) is 0 Å². The molecule has 0 aliphatic heterocycles. The van der Waals surface area contributed by atoms with Crippen LogP contribution < -0.4 is 5.32 Å². The van der Waals surface area contributed by atoms with Crippen LogP contribution in [0.25, 0.3) is 11.0 Å². The van der Waals surface area contributed by atoms with Crippen LogP contribution in [-0.4, -0.2) is 11.4 Å². The minimum absolute atomic E-state index is 0.239. The van der Waals surface area contributed by atoms with Crippen LogP contribution in [-0.2, 0) is 0 Å². The largest absolute Gasteiger partial charge is 0.451 e. The van der Waals surface area contributed by atoms with Gasteiger partial charge in [-0.05, 0) is 25.0 Å². The monoisotopic (exact) mass is 256 g/mol. The number of nitrogens with one attached hydrogen (secondary N) is 1. The Morgan fingerprint density at radius 2 is 2.05 bits per heavy atom. The van der Waals surface area contributed by atoms with Gasteiger partial charge in [0.1, 0.15) is 11.1 Å². The molecule has 1 aromatic heterocycles. The highest BCUT2D eigenvalue weighted by Gasteiger charge is 2.29.